The molecule has 22 heavy (non-hydrogen) atoms. The van der Waals surface area contributed by atoms with Gasteiger partial charge in [-0.1, -0.05) is 29.6 Å². The predicted octanol–water partition coefficient (Wildman–Crippen LogP) is 4.16. The monoisotopic (exact) mass is 352 g/mol. The third-order valence-electron chi connectivity index (χ3n) is 3.09. The molecule has 2 heterocycles. The Labute approximate surface area is 142 Å². The Morgan fingerprint density at radius 1 is 1.27 bits per heavy atom. The summed E-state index contributed by atoms with van der Waals surface area (Å²) < 4.78 is 12.0. The van der Waals surface area contributed by atoms with E-state index < -0.39 is 0 Å². The smallest absolute Gasteiger partial charge is 0.170 e. The Kier molecular flexibility index (Phi) is 5.28. The van der Waals surface area contributed by atoms with Gasteiger partial charge in [-0.15, -0.1) is 11.3 Å². The van der Waals surface area contributed by atoms with E-state index in [0.717, 1.165) is 45.8 Å². The summed E-state index contributed by atoms with van der Waals surface area (Å²) in [6.07, 6.45) is 0. The average Bonchev–Trinajstić information content (AvgIpc) is 3.23. The summed E-state index contributed by atoms with van der Waals surface area (Å²) in [7, 11) is 3.30. The second kappa shape index (κ2) is 7.39. The van der Waals surface area contributed by atoms with Crippen LogP contribution in [0.15, 0.2) is 28.6 Å². The molecule has 0 radical (unpaired) electrons. The van der Waals surface area contributed by atoms with E-state index in [4.69, 9.17) is 14.5 Å². The lowest BCUT2D eigenvalue weighted by molar-refractivity contribution is 0.356. The lowest BCUT2D eigenvalue weighted by Crippen LogP contribution is -1.93. The number of hydrogen-bond acceptors (Lipinski definition) is 7. The van der Waals surface area contributed by atoms with E-state index in [1.54, 1.807) is 37.3 Å². The molecule has 1 aromatic heterocycles. The first kappa shape index (κ1) is 15.7. The third kappa shape index (κ3) is 3.42. The maximum Gasteiger partial charge on any atom is 0.170 e. The minimum absolute atomic E-state index is 0.725. The second-order valence-corrected chi connectivity index (χ2v) is 7.63. The number of nitrogens with zero attached hydrogens (tertiary/aromatic N) is 2. The topological polar surface area (TPSA) is 43.7 Å². The Hall–Kier alpha value is -1.18. The molecular formula is C15H16N2O2S3. The number of rotatable bonds is 5. The van der Waals surface area contributed by atoms with E-state index in [2.05, 4.69) is 10.4 Å². The Balaban J connectivity index is 1.78. The van der Waals surface area contributed by atoms with Gasteiger partial charge in [-0.2, -0.15) is 0 Å². The van der Waals surface area contributed by atoms with Crippen LogP contribution >= 0.6 is 34.9 Å². The zero-order chi connectivity index (χ0) is 15.4. The Bertz CT molecular complexity index is 685. The standard InChI is InChI=1S/C15H16N2O2S3/c1-18-12-5-3-4-11(13(12)19-2)14-17-10(8-21-14)9-22-15-16-6-7-20-15/h3-5,8H,6-7,9H2,1-2H3. The molecule has 0 bridgehead atoms. The molecule has 1 aromatic carbocycles. The quantitative estimate of drug-likeness (QED) is 0.808. The third-order valence-corrected chi connectivity index (χ3v) is 6.30. The van der Waals surface area contributed by atoms with Crippen LogP contribution in [-0.2, 0) is 5.75 Å². The highest BCUT2D eigenvalue weighted by Crippen LogP contribution is 2.39. The summed E-state index contributed by atoms with van der Waals surface area (Å²) in [6, 6.07) is 5.85. The zero-order valence-electron chi connectivity index (χ0n) is 12.4. The van der Waals surface area contributed by atoms with Crippen LogP contribution < -0.4 is 9.47 Å². The van der Waals surface area contributed by atoms with Crippen LogP contribution in [0.1, 0.15) is 5.69 Å². The van der Waals surface area contributed by atoms with Crippen LogP contribution in [0, 0.1) is 0 Å². The summed E-state index contributed by atoms with van der Waals surface area (Å²) in [5.74, 6) is 3.41. The Morgan fingerprint density at radius 2 is 2.18 bits per heavy atom. The van der Waals surface area contributed by atoms with Gasteiger partial charge in [0.05, 0.1) is 32.0 Å². The Morgan fingerprint density at radius 3 is 2.91 bits per heavy atom. The summed E-state index contributed by atoms with van der Waals surface area (Å²) in [5, 5.41) is 3.05. The van der Waals surface area contributed by atoms with Crippen LogP contribution in [0.5, 0.6) is 11.5 Å². The van der Waals surface area contributed by atoms with Crippen LogP contribution in [0.4, 0.5) is 0 Å². The fourth-order valence-electron chi connectivity index (χ4n) is 2.09. The van der Waals surface area contributed by atoms with E-state index in [1.807, 2.05) is 30.0 Å². The van der Waals surface area contributed by atoms with Gasteiger partial charge in [0.15, 0.2) is 11.5 Å². The maximum absolute atomic E-state index is 5.49. The van der Waals surface area contributed by atoms with Crippen LogP contribution in [0.3, 0.4) is 0 Å². The molecule has 0 aliphatic carbocycles. The maximum atomic E-state index is 5.49. The van der Waals surface area contributed by atoms with Gasteiger partial charge in [-0.25, -0.2) is 4.98 Å². The highest BCUT2D eigenvalue weighted by Gasteiger charge is 2.15. The molecule has 0 spiro atoms. The van der Waals surface area contributed by atoms with Crippen molar-refractivity contribution in [2.24, 2.45) is 4.99 Å². The summed E-state index contributed by atoms with van der Waals surface area (Å²) >= 11 is 5.22. The van der Waals surface area contributed by atoms with Crippen molar-refractivity contribution in [1.29, 1.82) is 0 Å². The van der Waals surface area contributed by atoms with Crippen molar-refractivity contribution in [3.63, 3.8) is 0 Å². The summed E-state index contributed by atoms with van der Waals surface area (Å²) in [4.78, 5) is 9.17. The number of methoxy groups -OCH3 is 2. The second-order valence-electron chi connectivity index (χ2n) is 4.47. The number of aromatic nitrogens is 1. The van der Waals surface area contributed by atoms with E-state index >= 15 is 0 Å². The summed E-state index contributed by atoms with van der Waals surface area (Å²) in [6.45, 7) is 0.941. The molecule has 4 nitrogen and oxygen atoms in total. The highest BCUT2D eigenvalue weighted by atomic mass is 32.2. The van der Waals surface area contributed by atoms with Gasteiger partial charge < -0.3 is 9.47 Å². The molecular weight excluding hydrogens is 336 g/mol. The fourth-order valence-corrected chi connectivity index (χ4v) is 4.94. The molecule has 116 valence electrons. The van der Waals surface area contributed by atoms with Gasteiger partial charge in [0, 0.05) is 16.9 Å². The predicted molar refractivity (Wildman–Crippen MR) is 96.7 cm³/mol. The minimum Gasteiger partial charge on any atom is -0.493 e. The van der Waals surface area contributed by atoms with Gasteiger partial charge in [0.1, 0.15) is 9.38 Å². The number of ether oxygens (including phenoxy) is 2. The van der Waals surface area contributed by atoms with Gasteiger partial charge in [0.25, 0.3) is 0 Å². The molecule has 0 amide bonds. The van der Waals surface area contributed by atoms with Crippen LogP contribution in [-0.4, -0.2) is 35.9 Å². The van der Waals surface area contributed by atoms with Crippen molar-refractivity contribution in [3.05, 3.63) is 29.3 Å². The number of hydrogen-bond donors (Lipinski definition) is 0. The molecule has 0 N–H and O–H groups in total. The number of thioether (sulfide) groups is 2. The van der Waals surface area contributed by atoms with Crippen molar-refractivity contribution in [2.45, 2.75) is 5.75 Å². The normalized spacial score (nSPS) is 14.0. The first-order valence-electron chi connectivity index (χ1n) is 6.77. The first-order chi connectivity index (χ1) is 10.8. The molecule has 1 aliphatic heterocycles. The van der Waals surface area contributed by atoms with Crippen LogP contribution in [0.25, 0.3) is 10.6 Å². The van der Waals surface area contributed by atoms with Crippen molar-refractivity contribution in [3.8, 4) is 22.1 Å². The summed E-state index contributed by atoms with van der Waals surface area (Å²) in [5.41, 5.74) is 2.04. The van der Waals surface area contributed by atoms with Gasteiger partial charge in [-0.3, -0.25) is 4.99 Å². The van der Waals surface area contributed by atoms with Gasteiger partial charge in [0.2, 0.25) is 0 Å². The van der Waals surface area contributed by atoms with Gasteiger partial charge >= 0.3 is 0 Å². The highest BCUT2D eigenvalue weighted by molar-refractivity contribution is 8.38. The lowest BCUT2D eigenvalue weighted by Gasteiger charge is -2.10. The van der Waals surface area contributed by atoms with Crippen molar-refractivity contribution in [1.82, 2.24) is 4.98 Å². The van der Waals surface area contributed by atoms with E-state index in [-0.39, 0.29) is 0 Å². The molecule has 1 aliphatic rings. The first-order valence-corrected chi connectivity index (χ1v) is 9.62. The fraction of sp³-hybridized carbons (Fsp3) is 0.333. The lowest BCUT2D eigenvalue weighted by atomic mass is 10.2. The molecule has 0 saturated heterocycles. The van der Waals surface area contributed by atoms with E-state index in [1.165, 1.54) is 4.38 Å². The van der Waals surface area contributed by atoms with E-state index in [0.29, 0.717) is 0 Å². The van der Waals surface area contributed by atoms with Crippen LogP contribution in [0.2, 0.25) is 0 Å². The molecule has 3 rings (SSSR count). The van der Waals surface area contributed by atoms with Crippen molar-refractivity contribution in [2.75, 3.05) is 26.5 Å². The number of aliphatic imine (C=N–C) groups is 1. The molecule has 0 unspecified atom stereocenters. The molecule has 0 atom stereocenters. The number of thiazole rings is 1. The van der Waals surface area contributed by atoms with E-state index in [9.17, 15) is 0 Å². The zero-order valence-corrected chi connectivity index (χ0v) is 14.8. The molecule has 0 saturated carbocycles. The number of benzene rings is 1. The molecule has 7 heteroatoms. The largest absolute Gasteiger partial charge is 0.493 e. The van der Waals surface area contributed by atoms with Crippen molar-refractivity contribution >= 4 is 39.2 Å². The SMILES string of the molecule is COc1cccc(-c2nc(CSC3=NCCS3)cs2)c1OC. The minimum atomic E-state index is 0.725. The van der Waals surface area contributed by atoms with Gasteiger partial charge in [-0.05, 0) is 12.1 Å². The van der Waals surface area contributed by atoms with Crippen molar-refractivity contribution < 1.29 is 9.47 Å². The number of para-hydroxylation sites is 1. The molecule has 2 aromatic rings. The average molecular weight is 353 g/mol. The molecule has 0 fully saturated rings.